The maximum absolute atomic E-state index is 10.4. The summed E-state index contributed by atoms with van der Waals surface area (Å²) in [5, 5.41) is 17.3. The van der Waals surface area contributed by atoms with Gasteiger partial charge in [-0.3, -0.25) is 4.79 Å². The lowest BCUT2D eigenvalue weighted by molar-refractivity contribution is -0.137. The summed E-state index contributed by atoms with van der Waals surface area (Å²) in [6.45, 7) is 3.55. The van der Waals surface area contributed by atoms with E-state index in [1.807, 2.05) is 0 Å². The number of aliphatic hydroxyl groups excluding tert-OH is 1. The van der Waals surface area contributed by atoms with Gasteiger partial charge in [0.15, 0.2) is 0 Å². The average molecular weight is 229 g/mol. The van der Waals surface area contributed by atoms with Crippen LogP contribution in [0.3, 0.4) is 0 Å². The molecule has 0 aromatic carbocycles. The Labute approximate surface area is 97.3 Å². The van der Waals surface area contributed by atoms with Crippen molar-refractivity contribution >= 4 is 5.97 Å². The number of aliphatic hydroxyl groups is 1. The first kappa shape index (κ1) is 13.5. The molecule has 0 spiro atoms. The molecule has 0 bridgehead atoms. The van der Waals surface area contributed by atoms with Crippen molar-refractivity contribution in [3.05, 3.63) is 0 Å². The molecule has 1 saturated heterocycles. The van der Waals surface area contributed by atoms with Crippen LogP contribution in [-0.2, 0) is 4.79 Å². The number of carbonyl (C=O) groups is 1. The zero-order valence-electron chi connectivity index (χ0n) is 9.90. The summed E-state index contributed by atoms with van der Waals surface area (Å²) in [5.41, 5.74) is 0. The minimum Gasteiger partial charge on any atom is -0.481 e. The van der Waals surface area contributed by atoms with Gasteiger partial charge in [-0.25, -0.2) is 0 Å². The van der Waals surface area contributed by atoms with Crippen LogP contribution in [0.2, 0.25) is 0 Å². The Balaban J connectivity index is 2.06. The molecule has 1 fully saturated rings. The lowest BCUT2D eigenvalue weighted by Crippen LogP contribution is -2.34. The number of carboxylic acids is 1. The quantitative estimate of drug-likeness (QED) is 0.647. The predicted molar refractivity (Wildman–Crippen MR) is 62.4 cm³/mol. The molecule has 0 radical (unpaired) electrons. The molecule has 0 atom stereocenters. The van der Waals surface area contributed by atoms with Gasteiger partial charge in [0, 0.05) is 13.0 Å². The number of hydrogen-bond donors (Lipinski definition) is 2. The molecule has 1 aliphatic rings. The summed E-state index contributed by atoms with van der Waals surface area (Å²) >= 11 is 0. The van der Waals surface area contributed by atoms with Crippen LogP contribution in [0.25, 0.3) is 0 Å². The third kappa shape index (κ3) is 5.47. The van der Waals surface area contributed by atoms with Crippen LogP contribution in [0.4, 0.5) is 0 Å². The van der Waals surface area contributed by atoms with Crippen LogP contribution in [0.5, 0.6) is 0 Å². The second-order valence-corrected chi connectivity index (χ2v) is 4.65. The summed E-state index contributed by atoms with van der Waals surface area (Å²) in [6.07, 6.45) is 5.36. The van der Waals surface area contributed by atoms with E-state index in [1.165, 1.54) is 0 Å². The highest BCUT2D eigenvalue weighted by atomic mass is 16.4. The van der Waals surface area contributed by atoms with Gasteiger partial charge in [-0.2, -0.15) is 0 Å². The molecule has 1 heterocycles. The molecule has 0 amide bonds. The number of aliphatic carboxylic acids is 1. The highest BCUT2D eigenvalue weighted by Gasteiger charge is 2.19. The van der Waals surface area contributed by atoms with Crippen LogP contribution in [0.1, 0.15) is 38.5 Å². The summed E-state index contributed by atoms with van der Waals surface area (Å²) in [6, 6.07) is 0. The molecule has 4 heteroatoms. The van der Waals surface area contributed by atoms with Gasteiger partial charge in [-0.1, -0.05) is 0 Å². The van der Waals surface area contributed by atoms with Crippen molar-refractivity contribution < 1.29 is 15.0 Å². The molecule has 0 aliphatic carbocycles. The molecule has 0 aromatic rings. The van der Waals surface area contributed by atoms with Crippen molar-refractivity contribution in [3.8, 4) is 0 Å². The van der Waals surface area contributed by atoms with E-state index in [0.717, 1.165) is 51.7 Å². The van der Waals surface area contributed by atoms with Crippen LogP contribution < -0.4 is 0 Å². The lowest BCUT2D eigenvalue weighted by Gasteiger charge is -2.31. The normalized spacial score (nSPS) is 18.8. The maximum atomic E-state index is 10.4. The zero-order chi connectivity index (χ0) is 11.8. The Morgan fingerprint density at radius 3 is 2.50 bits per heavy atom. The van der Waals surface area contributed by atoms with Crippen molar-refractivity contribution in [1.29, 1.82) is 0 Å². The Morgan fingerprint density at radius 1 is 1.25 bits per heavy atom. The Bertz CT molecular complexity index is 200. The Kier molecular flexibility index (Phi) is 6.42. The van der Waals surface area contributed by atoms with Gasteiger partial charge in [0.1, 0.15) is 0 Å². The maximum Gasteiger partial charge on any atom is 0.303 e. The first-order valence-electron chi connectivity index (χ1n) is 6.27. The first-order chi connectivity index (χ1) is 7.72. The molecular weight excluding hydrogens is 206 g/mol. The number of unbranched alkanes of at least 4 members (excludes halogenated alkanes) is 1. The third-order valence-electron chi connectivity index (χ3n) is 3.36. The van der Waals surface area contributed by atoms with E-state index in [1.54, 1.807) is 0 Å². The highest BCUT2D eigenvalue weighted by molar-refractivity contribution is 5.66. The monoisotopic (exact) mass is 229 g/mol. The van der Waals surface area contributed by atoms with Crippen LogP contribution in [-0.4, -0.2) is 47.3 Å². The highest BCUT2D eigenvalue weighted by Crippen LogP contribution is 2.21. The van der Waals surface area contributed by atoms with Crippen molar-refractivity contribution in [2.75, 3.05) is 26.2 Å². The minimum atomic E-state index is -0.676. The van der Waals surface area contributed by atoms with Crippen molar-refractivity contribution in [3.63, 3.8) is 0 Å². The number of nitrogens with zero attached hydrogens (tertiary/aromatic N) is 1. The molecule has 16 heavy (non-hydrogen) atoms. The van der Waals surface area contributed by atoms with Crippen molar-refractivity contribution in [2.24, 2.45) is 5.92 Å². The van der Waals surface area contributed by atoms with E-state index < -0.39 is 5.97 Å². The SMILES string of the molecule is O=C(O)CCC1CCN(CCCCO)CC1. The number of piperidine rings is 1. The summed E-state index contributed by atoms with van der Waals surface area (Å²) in [5.74, 6) is -0.0735. The van der Waals surface area contributed by atoms with Gasteiger partial charge < -0.3 is 15.1 Å². The molecule has 94 valence electrons. The fourth-order valence-corrected chi connectivity index (χ4v) is 2.27. The zero-order valence-corrected chi connectivity index (χ0v) is 9.90. The number of rotatable bonds is 7. The van der Waals surface area contributed by atoms with Crippen LogP contribution in [0.15, 0.2) is 0 Å². The molecule has 2 N–H and O–H groups in total. The predicted octanol–water partition coefficient (Wildman–Crippen LogP) is 1.34. The molecule has 0 unspecified atom stereocenters. The van der Waals surface area contributed by atoms with Gasteiger partial charge in [-0.15, -0.1) is 0 Å². The van der Waals surface area contributed by atoms with E-state index in [-0.39, 0.29) is 6.61 Å². The molecular formula is C12H23NO3. The fraction of sp³-hybridized carbons (Fsp3) is 0.917. The molecule has 0 aromatic heterocycles. The average Bonchev–Trinajstić information content (AvgIpc) is 2.28. The van der Waals surface area contributed by atoms with Crippen molar-refractivity contribution in [1.82, 2.24) is 4.90 Å². The summed E-state index contributed by atoms with van der Waals surface area (Å²) < 4.78 is 0. The number of hydrogen-bond acceptors (Lipinski definition) is 3. The van der Waals surface area contributed by atoms with Crippen LogP contribution in [0, 0.1) is 5.92 Å². The summed E-state index contributed by atoms with van der Waals surface area (Å²) in [4.78, 5) is 12.9. The summed E-state index contributed by atoms with van der Waals surface area (Å²) in [7, 11) is 0. The molecule has 1 rings (SSSR count). The Hall–Kier alpha value is -0.610. The molecule has 1 aliphatic heterocycles. The first-order valence-corrected chi connectivity index (χ1v) is 6.27. The topological polar surface area (TPSA) is 60.8 Å². The third-order valence-corrected chi connectivity index (χ3v) is 3.36. The fourth-order valence-electron chi connectivity index (χ4n) is 2.27. The minimum absolute atomic E-state index is 0.287. The van der Waals surface area contributed by atoms with E-state index >= 15 is 0 Å². The van der Waals surface area contributed by atoms with Crippen molar-refractivity contribution in [2.45, 2.75) is 38.5 Å². The Morgan fingerprint density at radius 2 is 1.94 bits per heavy atom. The van der Waals surface area contributed by atoms with E-state index in [2.05, 4.69) is 4.90 Å². The lowest BCUT2D eigenvalue weighted by atomic mass is 9.92. The van der Waals surface area contributed by atoms with E-state index in [9.17, 15) is 4.79 Å². The van der Waals surface area contributed by atoms with E-state index in [4.69, 9.17) is 10.2 Å². The van der Waals surface area contributed by atoms with Gasteiger partial charge in [0.05, 0.1) is 0 Å². The van der Waals surface area contributed by atoms with Crippen LogP contribution >= 0.6 is 0 Å². The van der Waals surface area contributed by atoms with E-state index in [0.29, 0.717) is 12.3 Å². The van der Waals surface area contributed by atoms with Gasteiger partial charge in [0.25, 0.3) is 0 Å². The largest absolute Gasteiger partial charge is 0.481 e. The number of likely N-dealkylation sites (tertiary alicyclic amines) is 1. The van der Waals surface area contributed by atoms with Gasteiger partial charge in [-0.05, 0) is 57.7 Å². The van der Waals surface area contributed by atoms with Gasteiger partial charge >= 0.3 is 5.97 Å². The smallest absolute Gasteiger partial charge is 0.303 e. The van der Waals surface area contributed by atoms with Gasteiger partial charge in [0.2, 0.25) is 0 Å². The number of carboxylic acid groups (broad SMARTS) is 1. The second-order valence-electron chi connectivity index (χ2n) is 4.65. The second kappa shape index (κ2) is 7.63. The molecule has 4 nitrogen and oxygen atoms in total. The molecule has 0 saturated carbocycles. The standard InChI is InChI=1S/C12H23NO3/c14-10-2-1-7-13-8-5-11(6-9-13)3-4-12(15)16/h11,14H,1-10H2,(H,15,16).